The van der Waals surface area contributed by atoms with Crippen molar-refractivity contribution < 1.29 is 23.7 Å². The molecule has 0 atom stereocenters. The fourth-order valence-corrected chi connectivity index (χ4v) is 4.69. The van der Waals surface area contributed by atoms with Gasteiger partial charge in [0.15, 0.2) is 23.0 Å². The van der Waals surface area contributed by atoms with Gasteiger partial charge >= 0.3 is 0 Å². The summed E-state index contributed by atoms with van der Waals surface area (Å²) in [5, 5.41) is 12.4. The van der Waals surface area contributed by atoms with Gasteiger partial charge in [-0.3, -0.25) is 4.79 Å². The van der Waals surface area contributed by atoms with Crippen LogP contribution in [0.25, 0.3) is 6.08 Å². The first kappa shape index (κ1) is 30.2. The van der Waals surface area contributed by atoms with Gasteiger partial charge in [0.25, 0.3) is 5.91 Å². The molecule has 4 aromatic rings. The normalized spacial score (nSPS) is 10.9. The van der Waals surface area contributed by atoms with Crippen molar-refractivity contribution in [2.24, 2.45) is 0 Å². The molecular formula is C34H31BrN2O5. The van der Waals surface area contributed by atoms with Crippen molar-refractivity contribution in [3.8, 4) is 29.1 Å². The molecule has 7 nitrogen and oxygen atoms in total. The second-order valence-corrected chi connectivity index (χ2v) is 10.2. The summed E-state index contributed by atoms with van der Waals surface area (Å²) >= 11 is 3.55. The van der Waals surface area contributed by atoms with E-state index in [0.29, 0.717) is 51.9 Å². The van der Waals surface area contributed by atoms with Crippen molar-refractivity contribution in [2.75, 3.05) is 19.0 Å². The Bertz CT molecular complexity index is 1610. The number of halogens is 1. The van der Waals surface area contributed by atoms with Crippen LogP contribution in [-0.4, -0.2) is 19.6 Å². The zero-order valence-electron chi connectivity index (χ0n) is 23.6. The molecule has 1 N–H and O–H groups in total. The number of nitrogens with zero attached hydrogens (tertiary/aromatic N) is 1. The summed E-state index contributed by atoms with van der Waals surface area (Å²) in [5.41, 5.74) is 4.12. The number of hydrogen-bond acceptors (Lipinski definition) is 6. The lowest BCUT2D eigenvalue weighted by Crippen LogP contribution is -2.13. The Balaban J connectivity index is 1.48. The number of anilines is 1. The van der Waals surface area contributed by atoms with Gasteiger partial charge in [-0.1, -0.05) is 48.5 Å². The molecule has 0 saturated heterocycles. The van der Waals surface area contributed by atoms with Gasteiger partial charge in [0.2, 0.25) is 0 Å². The van der Waals surface area contributed by atoms with Gasteiger partial charge in [-0.05, 0) is 94.5 Å². The number of methoxy groups -OCH3 is 1. The van der Waals surface area contributed by atoms with Crippen molar-refractivity contribution >= 4 is 33.6 Å². The third-order valence-electron chi connectivity index (χ3n) is 6.13. The molecule has 4 aromatic carbocycles. The van der Waals surface area contributed by atoms with Crippen LogP contribution < -0.4 is 24.3 Å². The molecule has 0 bridgehead atoms. The van der Waals surface area contributed by atoms with E-state index in [-0.39, 0.29) is 12.2 Å². The lowest BCUT2D eigenvalue weighted by molar-refractivity contribution is -0.112. The van der Waals surface area contributed by atoms with Gasteiger partial charge in [-0.25, -0.2) is 0 Å². The van der Waals surface area contributed by atoms with Crippen molar-refractivity contribution in [1.82, 2.24) is 0 Å². The number of nitriles is 1. The lowest BCUT2D eigenvalue weighted by atomic mass is 10.1. The highest BCUT2D eigenvalue weighted by Gasteiger charge is 2.15. The number of ether oxygens (including phenoxy) is 4. The third-order valence-corrected chi connectivity index (χ3v) is 6.72. The Morgan fingerprint density at radius 2 is 1.67 bits per heavy atom. The second-order valence-electron chi connectivity index (χ2n) is 9.30. The molecule has 4 rings (SSSR count). The highest BCUT2D eigenvalue weighted by molar-refractivity contribution is 9.10. The van der Waals surface area contributed by atoms with Crippen LogP contribution in [-0.2, 0) is 18.0 Å². The maximum atomic E-state index is 12.7. The van der Waals surface area contributed by atoms with Gasteiger partial charge in [-0.15, -0.1) is 0 Å². The van der Waals surface area contributed by atoms with Crippen LogP contribution in [0.3, 0.4) is 0 Å². The molecule has 42 heavy (non-hydrogen) atoms. The maximum Gasteiger partial charge on any atom is 0.266 e. The number of rotatable bonds is 12. The first-order valence-electron chi connectivity index (χ1n) is 13.3. The minimum absolute atomic E-state index is 0.0443. The van der Waals surface area contributed by atoms with Crippen molar-refractivity contribution in [3.05, 3.63) is 117 Å². The van der Waals surface area contributed by atoms with Crippen LogP contribution in [0.1, 0.15) is 29.2 Å². The van der Waals surface area contributed by atoms with E-state index in [1.54, 1.807) is 18.2 Å². The molecule has 0 radical (unpaired) electrons. The van der Waals surface area contributed by atoms with Crippen LogP contribution >= 0.6 is 15.9 Å². The Kier molecular flexibility index (Phi) is 10.6. The number of carbonyl (C=O) groups is 1. The third kappa shape index (κ3) is 8.15. The van der Waals surface area contributed by atoms with E-state index in [4.69, 9.17) is 18.9 Å². The molecule has 0 aromatic heterocycles. The Morgan fingerprint density at radius 3 is 2.38 bits per heavy atom. The summed E-state index contributed by atoms with van der Waals surface area (Å²) in [5.74, 6) is 1.72. The van der Waals surface area contributed by atoms with Gasteiger partial charge in [0.1, 0.15) is 24.9 Å². The standard InChI is InChI=1S/C34H31BrN2O5/c1-4-40-31-18-25(13-14-30(31)41-21-24-10-6-5-7-11-24)22-42-33-29(35)17-26(19-32(33)39-3)16-27(20-36)34(38)37-28-12-8-9-23(2)15-28/h5-19H,4,21-22H2,1-3H3,(H,37,38)/b27-16+. The molecule has 0 aliphatic carbocycles. The van der Waals surface area contributed by atoms with E-state index >= 15 is 0 Å². The summed E-state index contributed by atoms with van der Waals surface area (Å²) in [6, 6.07) is 28.5. The molecule has 8 heteroatoms. The van der Waals surface area contributed by atoms with Gasteiger partial charge in [-0.2, -0.15) is 5.26 Å². The van der Waals surface area contributed by atoms with Crippen LogP contribution in [0, 0.1) is 18.3 Å². The Hall–Kier alpha value is -4.74. The highest BCUT2D eigenvalue weighted by atomic mass is 79.9. The quantitative estimate of drug-likeness (QED) is 0.127. The number of carbonyl (C=O) groups excluding carboxylic acids is 1. The van der Waals surface area contributed by atoms with E-state index < -0.39 is 5.91 Å². The molecule has 0 fully saturated rings. The molecule has 0 aliphatic heterocycles. The number of nitrogens with one attached hydrogen (secondary N) is 1. The van der Waals surface area contributed by atoms with E-state index in [2.05, 4.69) is 21.2 Å². The minimum atomic E-state index is -0.500. The van der Waals surface area contributed by atoms with E-state index in [0.717, 1.165) is 16.7 Å². The fraction of sp³-hybridized carbons (Fsp3) is 0.176. The number of aryl methyl sites for hydroxylation is 1. The predicted octanol–water partition coefficient (Wildman–Crippen LogP) is 7.87. The summed E-state index contributed by atoms with van der Waals surface area (Å²) in [4.78, 5) is 12.7. The van der Waals surface area contributed by atoms with Crippen LogP contribution in [0.4, 0.5) is 5.69 Å². The Labute approximate surface area is 254 Å². The van der Waals surface area contributed by atoms with E-state index in [1.807, 2.05) is 86.6 Å². The van der Waals surface area contributed by atoms with Crippen LogP contribution in [0.2, 0.25) is 0 Å². The van der Waals surface area contributed by atoms with Crippen molar-refractivity contribution in [3.63, 3.8) is 0 Å². The second kappa shape index (κ2) is 14.8. The van der Waals surface area contributed by atoms with Crippen LogP contribution in [0.15, 0.2) is 95.0 Å². The highest BCUT2D eigenvalue weighted by Crippen LogP contribution is 2.38. The molecule has 0 saturated carbocycles. The van der Waals surface area contributed by atoms with Gasteiger partial charge in [0, 0.05) is 5.69 Å². The first-order valence-corrected chi connectivity index (χ1v) is 14.1. The summed E-state index contributed by atoms with van der Waals surface area (Å²) < 4.78 is 24.2. The molecule has 0 heterocycles. The summed E-state index contributed by atoms with van der Waals surface area (Å²) in [6.45, 7) is 5.02. The summed E-state index contributed by atoms with van der Waals surface area (Å²) in [7, 11) is 1.53. The summed E-state index contributed by atoms with van der Waals surface area (Å²) in [6.07, 6.45) is 1.50. The molecular weight excluding hydrogens is 596 g/mol. The number of hydrogen-bond donors (Lipinski definition) is 1. The molecule has 0 unspecified atom stereocenters. The number of benzene rings is 4. The molecule has 0 aliphatic rings. The van der Waals surface area contributed by atoms with Gasteiger partial charge < -0.3 is 24.3 Å². The zero-order valence-corrected chi connectivity index (χ0v) is 25.2. The van der Waals surface area contributed by atoms with Crippen molar-refractivity contribution in [1.29, 1.82) is 5.26 Å². The van der Waals surface area contributed by atoms with Crippen LogP contribution in [0.5, 0.6) is 23.0 Å². The minimum Gasteiger partial charge on any atom is -0.493 e. The SMILES string of the molecule is CCOc1cc(COc2c(Br)cc(/C=C(\C#N)C(=O)Nc3cccc(C)c3)cc2OC)ccc1OCc1ccccc1. The van der Waals surface area contributed by atoms with E-state index in [9.17, 15) is 10.1 Å². The smallest absolute Gasteiger partial charge is 0.266 e. The largest absolute Gasteiger partial charge is 0.493 e. The monoisotopic (exact) mass is 626 g/mol. The Morgan fingerprint density at radius 1 is 0.881 bits per heavy atom. The van der Waals surface area contributed by atoms with E-state index in [1.165, 1.54) is 13.2 Å². The lowest BCUT2D eigenvalue weighted by Gasteiger charge is -2.16. The molecule has 1 amide bonds. The fourth-order valence-electron chi connectivity index (χ4n) is 4.12. The molecule has 0 spiro atoms. The average molecular weight is 628 g/mol. The predicted molar refractivity (Wildman–Crippen MR) is 167 cm³/mol. The van der Waals surface area contributed by atoms with Gasteiger partial charge in [0.05, 0.1) is 18.2 Å². The number of amides is 1. The molecule has 214 valence electrons. The zero-order chi connectivity index (χ0) is 29.9. The average Bonchev–Trinajstić information content (AvgIpc) is 2.99. The van der Waals surface area contributed by atoms with Crippen molar-refractivity contribution in [2.45, 2.75) is 27.1 Å². The first-order chi connectivity index (χ1) is 20.4. The maximum absolute atomic E-state index is 12.7. The topological polar surface area (TPSA) is 89.8 Å².